The Morgan fingerprint density at radius 3 is 2.50 bits per heavy atom. The predicted octanol–water partition coefficient (Wildman–Crippen LogP) is 1.35. The average molecular weight is 279 g/mol. The van der Waals surface area contributed by atoms with Crippen molar-refractivity contribution >= 4 is 11.7 Å². The van der Waals surface area contributed by atoms with Gasteiger partial charge in [0.05, 0.1) is 6.42 Å². The number of oxime groups is 1. The van der Waals surface area contributed by atoms with Gasteiger partial charge >= 0.3 is 0 Å². The molecule has 1 saturated heterocycles. The topological polar surface area (TPSA) is 78.9 Å². The number of piperidine rings is 1. The highest BCUT2D eigenvalue weighted by molar-refractivity contribution is 5.83. The van der Waals surface area contributed by atoms with Crippen molar-refractivity contribution in [3.63, 3.8) is 0 Å². The molecule has 2 rings (SSSR count). The number of nitrogens with zero attached hydrogens (tertiary/aromatic N) is 2. The highest BCUT2D eigenvalue weighted by Crippen LogP contribution is 2.18. The fraction of sp³-hybridized carbons (Fsp3) is 0.429. The van der Waals surface area contributed by atoms with Crippen molar-refractivity contribution in [2.45, 2.75) is 19.3 Å². The highest BCUT2D eigenvalue weighted by Gasteiger charge is 2.25. The molecule has 6 heteroatoms. The van der Waals surface area contributed by atoms with Gasteiger partial charge in [-0.3, -0.25) is 4.79 Å². The van der Waals surface area contributed by atoms with Gasteiger partial charge in [-0.05, 0) is 30.5 Å². The Morgan fingerprint density at radius 1 is 1.35 bits per heavy atom. The molecule has 1 aliphatic heterocycles. The lowest BCUT2D eigenvalue weighted by atomic mass is 9.95. The van der Waals surface area contributed by atoms with Crippen molar-refractivity contribution in [2.24, 2.45) is 16.8 Å². The standard InChI is InChI=1S/C14H18FN3O2/c15-12-3-1-10(2-4-12)9-13(19)18-7-5-11(6-8-18)14(16)17-20/h1-4,11,20H,5-9H2,(H2,16,17). The first-order valence-corrected chi connectivity index (χ1v) is 6.60. The number of hydrogen-bond acceptors (Lipinski definition) is 3. The Balaban J connectivity index is 1.87. The molecule has 0 aromatic heterocycles. The summed E-state index contributed by atoms with van der Waals surface area (Å²) in [5, 5.41) is 11.6. The number of rotatable bonds is 3. The molecule has 0 aliphatic carbocycles. The molecule has 0 atom stereocenters. The van der Waals surface area contributed by atoms with E-state index in [2.05, 4.69) is 5.16 Å². The molecular formula is C14H18FN3O2. The summed E-state index contributed by atoms with van der Waals surface area (Å²) in [6.07, 6.45) is 1.67. The summed E-state index contributed by atoms with van der Waals surface area (Å²) in [7, 11) is 0. The van der Waals surface area contributed by atoms with Crippen LogP contribution in [0.4, 0.5) is 4.39 Å². The van der Waals surface area contributed by atoms with Crippen LogP contribution < -0.4 is 5.73 Å². The van der Waals surface area contributed by atoms with Gasteiger partial charge in [-0.25, -0.2) is 4.39 Å². The molecule has 3 N–H and O–H groups in total. The third-order valence-electron chi connectivity index (χ3n) is 3.65. The molecule has 0 saturated carbocycles. The van der Waals surface area contributed by atoms with Crippen molar-refractivity contribution in [3.8, 4) is 0 Å². The number of hydrogen-bond donors (Lipinski definition) is 2. The van der Waals surface area contributed by atoms with E-state index in [1.54, 1.807) is 17.0 Å². The van der Waals surface area contributed by atoms with Crippen LogP contribution in [0.5, 0.6) is 0 Å². The molecule has 1 heterocycles. The number of amides is 1. The van der Waals surface area contributed by atoms with Crippen LogP contribution in [0.15, 0.2) is 29.4 Å². The van der Waals surface area contributed by atoms with Gasteiger partial charge in [-0.1, -0.05) is 17.3 Å². The van der Waals surface area contributed by atoms with Crippen LogP contribution in [0, 0.1) is 11.7 Å². The summed E-state index contributed by atoms with van der Waals surface area (Å²) in [5.74, 6) is -0.0131. The minimum absolute atomic E-state index is 0.0227. The van der Waals surface area contributed by atoms with E-state index in [4.69, 9.17) is 10.9 Å². The number of nitrogens with two attached hydrogens (primary N) is 1. The van der Waals surface area contributed by atoms with Gasteiger partial charge in [0.2, 0.25) is 5.91 Å². The number of halogens is 1. The average Bonchev–Trinajstić information content (AvgIpc) is 2.49. The minimum Gasteiger partial charge on any atom is -0.409 e. The number of carbonyl (C=O) groups excluding carboxylic acids is 1. The molecule has 1 aliphatic rings. The van der Waals surface area contributed by atoms with Gasteiger partial charge in [-0.2, -0.15) is 0 Å². The Morgan fingerprint density at radius 2 is 1.95 bits per heavy atom. The highest BCUT2D eigenvalue weighted by atomic mass is 19.1. The predicted molar refractivity (Wildman–Crippen MR) is 72.8 cm³/mol. The largest absolute Gasteiger partial charge is 0.409 e. The fourth-order valence-corrected chi connectivity index (χ4v) is 2.39. The molecule has 1 aromatic carbocycles. The van der Waals surface area contributed by atoms with Crippen molar-refractivity contribution in [1.82, 2.24) is 4.90 Å². The number of likely N-dealkylation sites (tertiary alicyclic amines) is 1. The first-order valence-electron chi connectivity index (χ1n) is 6.60. The molecule has 0 radical (unpaired) electrons. The van der Waals surface area contributed by atoms with Gasteiger partial charge < -0.3 is 15.8 Å². The second-order valence-corrected chi connectivity index (χ2v) is 4.98. The summed E-state index contributed by atoms with van der Waals surface area (Å²) in [6.45, 7) is 1.20. The molecule has 0 bridgehead atoms. The first kappa shape index (κ1) is 14.3. The molecule has 0 spiro atoms. The van der Waals surface area contributed by atoms with E-state index >= 15 is 0 Å². The molecule has 5 nitrogen and oxygen atoms in total. The fourth-order valence-electron chi connectivity index (χ4n) is 2.39. The maximum Gasteiger partial charge on any atom is 0.226 e. The quantitative estimate of drug-likeness (QED) is 0.379. The van der Waals surface area contributed by atoms with Crippen molar-refractivity contribution in [1.29, 1.82) is 0 Å². The molecule has 1 aromatic rings. The molecule has 20 heavy (non-hydrogen) atoms. The molecular weight excluding hydrogens is 261 g/mol. The monoisotopic (exact) mass is 279 g/mol. The summed E-state index contributed by atoms with van der Waals surface area (Å²) >= 11 is 0. The van der Waals surface area contributed by atoms with E-state index < -0.39 is 0 Å². The summed E-state index contributed by atoms with van der Waals surface area (Å²) in [6, 6.07) is 5.95. The van der Waals surface area contributed by atoms with E-state index in [1.165, 1.54) is 12.1 Å². The van der Waals surface area contributed by atoms with Crippen LogP contribution in [0.3, 0.4) is 0 Å². The van der Waals surface area contributed by atoms with Gasteiger partial charge in [0.1, 0.15) is 11.7 Å². The van der Waals surface area contributed by atoms with Crippen LogP contribution in [0.2, 0.25) is 0 Å². The number of benzene rings is 1. The van der Waals surface area contributed by atoms with Crippen LogP contribution >= 0.6 is 0 Å². The lowest BCUT2D eigenvalue weighted by Gasteiger charge is -2.31. The Hall–Kier alpha value is -2.11. The Kier molecular flexibility index (Phi) is 4.55. The maximum absolute atomic E-state index is 12.8. The van der Waals surface area contributed by atoms with E-state index in [0.717, 1.165) is 5.56 Å². The third-order valence-corrected chi connectivity index (χ3v) is 3.65. The van der Waals surface area contributed by atoms with E-state index in [0.29, 0.717) is 25.9 Å². The zero-order valence-corrected chi connectivity index (χ0v) is 11.1. The van der Waals surface area contributed by atoms with Crippen LogP contribution in [-0.4, -0.2) is 34.9 Å². The smallest absolute Gasteiger partial charge is 0.226 e. The Bertz CT molecular complexity index is 494. The molecule has 1 amide bonds. The van der Waals surface area contributed by atoms with Crippen molar-refractivity contribution < 1.29 is 14.4 Å². The van der Waals surface area contributed by atoms with Crippen molar-refractivity contribution in [2.75, 3.05) is 13.1 Å². The summed E-state index contributed by atoms with van der Waals surface area (Å²) in [4.78, 5) is 13.9. The van der Waals surface area contributed by atoms with Crippen LogP contribution in [0.1, 0.15) is 18.4 Å². The zero-order valence-electron chi connectivity index (χ0n) is 11.1. The second kappa shape index (κ2) is 6.36. The van der Waals surface area contributed by atoms with E-state index in [1.807, 2.05) is 0 Å². The number of amidine groups is 1. The van der Waals surface area contributed by atoms with Gasteiger partial charge in [0.25, 0.3) is 0 Å². The zero-order chi connectivity index (χ0) is 14.5. The Labute approximate surface area is 116 Å². The lowest BCUT2D eigenvalue weighted by Crippen LogP contribution is -2.42. The van der Waals surface area contributed by atoms with Gasteiger partial charge in [0.15, 0.2) is 0 Å². The van der Waals surface area contributed by atoms with Gasteiger partial charge in [-0.15, -0.1) is 0 Å². The second-order valence-electron chi connectivity index (χ2n) is 4.98. The van der Waals surface area contributed by atoms with E-state index in [9.17, 15) is 9.18 Å². The number of carbonyl (C=O) groups is 1. The summed E-state index contributed by atoms with van der Waals surface area (Å²) < 4.78 is 12.8. The maximum atomic E-state index is 12.8. The molecule has 0 unspecified atom stereocenters. The lowest BCUT2D eigenvalue weighted by molar-refractivity contribution is -0.131. The van der Waals surface area contributed by atoms with Crippen molar-refractivity contribution in [3.05, 3.63) is 35.6 Å². The molecule has 1 fully saturated rings. The van der Waals surface area contributed by atoms with E-state index in [-0.39, 0.29) is 29.9 Å². The summed E-state index contributed by atoms with van der Waals surface area (Å²) in [5.41, 5.74) is 6.37. The third kappa shape index (κ3) is 3.46. The first-order chi connectivity index (χ1) is 9.60. The molecule has 108 valence electrons. The normalized spacial score (nSPS) is 17.2. The van der Waals surface area contributed by atoms with Crippen LogP contribution in [0.25, 0.3) is 0 Å². The SMILES string of the molecule is NC(=NO)C1CCN(C(=O)Cc2ccc(F)cc2)CC1. The van der Waals surface area contributed by atoms with Gasteiger partial charge in [0, 0.05) is 19.0 Å². The minimum atomic E-state index is -0.305. The van der Waals surface area contributed by atoms with Crippen LogP contribution in [-0.2, 0) is 11.2 Å².